The summed E-state index contributed by atoms with van der Waals surface area (Å²) >= 11 is 3.50. The zero-order valence-corrected chi connectivity index (χ0v) is 12.3. The van der Waals surface area contributed by atoms with Gasteiger partial charge in [-0.15, -0.1) is 0 Å². The lowest BCUT2D eigenvalue weighted by molar-refractivity contribution is -0.146. The number of methoxy groups -OCH3 is 1. The summed E-state index contributed by atoms with van der Waals surface area (Å²) in [6, 6.07) is 7.82. The Kier molecular flexibility index (Phi) is 4.43. The third-order valence-electron chi connectivity index (χ3n) is 3.45. The quantitative estimate of drug-likeness (QED) is 0.785. The fraction of sp³-hybridized carbons (Fsp3) is 0.429. The average Bonchev–Trinajstić information content (AvgIpc) is 2.46. The molecule has 1 aliphatic heterocycles. The Morgan fingerprint density at radius 3 is 2.74 bits per heavy atom. The molecule has 0 radical (unpaired) electrons. The van der Waals surface area contributed by atoms with Gasteiger partial charge in [-0.05, 0) is 40.9 Å². The van der Waals surface area contributed by atoms with Gasteiger partial charge in [0.1, 0.15) is 6.07 Å². The third kappa shape index (κ3) is 2.90. The minimum Gasteiger partial charge on any atom is -0.469 e. The molecular weight excluding hydrogens is 308 g/mol. The van der Waals surface area contributed by atoms with Crippen LogP contribution in [0, 0.1) is 17.2 Å². The van der Waals surface area contributed by atoms with Gasteiger partial charge in [-0.2, -0.15) is 5.26 Å². The molecule has 4 nitrogen and oxygen atoms in total. The van der Waals surface area contributed by atoms with E-state index in [0.29, 0.717) is 5.56 Å². The van der Waals surface area contributed by atoms with Crippen LogP contribution in [0.5, 0.6) is 0 Å². The van der Waals surface area contributed by atoms with Crippen LogP contribution in [0.4, 0.5) is 5.69 Å². The number of halogens is 1. The SMILES string of the molecule is COC(=O)C1CCN(c2c(Br)cccc2C#N)CC1. The van der Waals surface area contributed by atoms with E-state index in [1.165, 1.54) is 7.11 Å². The van der Waals surface area contributed by atoms with Crippen LogP contribution < -0.4 is 4.90 Å². The summed E-state index contributed by atoms with van der Waals surface area (Å²) in [7, 11) is 1.43. The molecular formula is C14H15BrN2O2. The van der Waals surface area contributed by atoms with E-state index in [1.807, 2.05) is 18.2 Å². The summed E-state index contributed by atoms with van der Waals surface area (Å²) < 4.78 is 5.70. The molecule has 0 saturated carbocycles. The maximum atomic E-state index is 11.5. The van der Waals surface area contributed by atoms with E-state index in [9.17, 15) is 10.1 Å². The van der Waals surface area contributed by atoms with E-state index in [0.717, 1.165) is 36.1 Å². The van der Waals surface area contributed by atoms with Crippen LogP contribution in [-0.2, 0) is 9.53 Å². The number of para-hydroxylation sites is 1. The second-order valence-electron chi connectivity index (χ2n) is 4.53. The molecule has 5 heteroatoms. The topological polar surface area (TPSA) is 53.3 Å². The molecule has 2 rings (SSSR count). The number of carbonyl (C=O) groups excluding carboxylic acids is 1. The summed E-state index contributed by atoms with van der Waals surface area (Å²) in [5.74, 6) is -0.151. The number of nitriles is 1. The molecule has 0 aliphatic carbocycles. The highest BCUT2D eigenvalue weighted by atomic mass is 79.9. The molecule has 0 N–H and O–H groups in total. The maximum absolute atomic E-state index is 11.5. The third-order valence-corrected chi connectivity index (χ3v) is 4.09. The first-order valence-electron chi connectivity index (χ1n) is 6.18. The van der Waals surface area contributed by atoms with Gasteiger partial charge in [0.05, 0.1) is 24.3 Å². The zero-order valence-electron chi connectivity index (χ0n) is 10.7. The molecule has 1 aliphatic rings. The molecule has 0 spiro atoms. The summed E-state index contributed by atoms with van der Waals surface area (Å²) in [6.45, 7) is 1.52. The van der Waals surface area contributed by atoms with E-state index in [2.05, 4.69) is 26.9 Å². The summed E-state index contributed by atoms with van der Waals surface area (Å²) in [4.78, 5) is 13.7. The predicted molar refractivity (Wildman–Crippen MR) is 75.8 cm³/mol. The van der Waals surface area contributed by atoms with Crippen molar-refractivity contribution in [2.45, 2.75) is 12.8 Å². The van der Waals surface area contributed by atoms with Crippen molar-refractivity contribution in [1.82, 2.24) is 0 Å². The van der Waals surface area contributed by atoms with Crippen molar-refractivity contribution in [1.29, 1.82) is 5.26 Å². The number of hydrogen-bond donors (Lipinski definition) is 0. The second kappa shape index (κ2) is 6.07. The first kappa shape index (κ1) is 13.9. The van der Waals surface area contributed by atoms with Gasteiger partial charge >= 0.3 is 5.97 Å². The molecule has 1 aromatic rings. The molecule has 1 saturated heterocycles. The van der Waals surface area contributed by atoms with Gasteiger partial charge in [0.15, 0.2) is 0 Å². The molecule has 0 amide bonds. The van der Waals surface area contributed by atoms with Crippen molar-refractivity contribution >= 4 is 27.6 Å². The van der Waals surface area contributed by atoms with E-state index in [-0.39, 0.29) is 11.9 Å². The summed E-state index contributed by atoms with van der Waals surface area (Å²) in [5.41, 5.74) is 1.58. The average molecular weight is 323 g/mol. The van der Waals surface area contributed by atoms with Crippen molar-refractivity contribution in [3.63, 3.8) is 0 Å². The number of nitrogens with zero attached hydrogens (tertiary/aromatic N) is 2. The maximum Gasteiger partial charge on any atom is 0.308 e. The summed E-state index contributed by atoms with van der Waals surface area (Å²) in [5, 5.41) is 9.18. The van der Waals surface area contributed by atoms with Gasteiger partial charge in [-0.1, -0.05) is 6.07 Å². The fourth-order valence-corrected chi connectivity index (χ4v) is 3.05. The van der Waals surface area contributed by atoms with Gasteiger partial charge in [-0.3, -0.25) is 4.79 Å². The minimum atomic E-state index is -0.132. The second-order valence-corrected chi connectivity index (χ2v) is 5.39. The molecule has 100 valence electrons. The Bertz CT molecular complexity index is 517. The molecule has 0 unspecified atom stereocenters. The van der Waals surface area contributed by atoms with E-state index < -0.39 is 0 Å². The normalized spacial score (nSPS) is 15.9. The largest absolute Gasteiger partial charge is 0.469 e. The van der Waals surface area contributed by atoms with Gasteiger partial charge < -0.3 is 9.64 Å². The minimum absolute atomic E-state index is 0.0192. The number of hydrogen-bond acceptors (Lipinski definition) is 4. The van der Waals surface area contributed by atoms with Crippen LogP contribution >= 0.6 is 15.9 Å². The number of anilines is 1. The van der Waals surface area contributed by atoms with Gasteiger partial charge in [0.25, 0.3) is 0 Å². The number of esters is 1. The molecule has 0 atom stereocenters. The standard InChI is InChI=1S/C14H15BrN2O2/c1-19-14(18)10-5-7-17(8-6-10)13-11(9-16)3-2-4-12(13)15/h2-4,10H,5-8H2,1H3. The lowest BCUT2D eigenvalue weighted by Crippen LogP contribution is -2.37. The fourth-order valence-electron chi connectivity index (χ4n) is 2.43. The highest BCUT2D eigenvalue weighted by Crippen LogP contribution is 2.33. The summed E-state index contributed by atoms with van der Waals surface area (Å²) in [6.07, 6.45) is 1.53. The van der Waals surface area contributed by atoms with Crippen LogP contribution in [0.25, 0.3) is 0 Å². The van der Waals surface area contributed by atoms with Gasteiger partial charge in [0, 0.05) is 17.6 Å². The molecule has 1 fully saturated rings. The van der Waals surface area contributed by atoms with E-state index >= 15 is 0 Å². The molecule has 1 heterocycles. The Labute approximate surface area is 121 Å². The Hall–Kier alpha value is -1.54. The number of rotatable bonds is 2. The van der Waals surface area contributed by atoms with Crippen LogP contribution in [0.15, 0.2) is 22.7 Å². The van der Waals surface area contributed by atoms with Gasteiger partial charge in [0.2, 0.25) is 0 Å². The molecule has 0 bridgehead atoms. The number of ether oxygens (including phenoxy) is 1. The first-order chi connectivity index (χ1) is 9.17. The lowest BCUT2D eigenvalue weighted by Gasteiger charge is -2.33. The monoisotopic (exact) mass is 322 g/mol. The van der Waals surface area contributed by atoms with E-state index in [1.54, 1.807) is 0 Å². The predicted octanol–water partition coefficient (Wildman–Crippen LogP) is 2.71. The molecule has 19 heavy (non-hydrogen) atoms. The Balaban J connectivity index is 2.14. The molecule has 1 aromatic carbocycles. The lowest BCUT2D eigenvalue weighted by atomic mass is 9.96. The first-order valence-corrected chi connectivity index (χ1v) is 6.98. The highest BCUT2D eigenvalue weighted by molar-refractivity contribution is 9.10. The van der Waals surface area contributed by atoms with E-state index in [4.69, 9.17) is 4.74 Å². The van der Waals surface area contributed by atoms with Crippen molar-refractivity contribution < 1.29 is 9.53 Å². The van der Waals surface area contributed by atoms with Crippen molar-refractivity contribution in [2.24, 2.45) is 5.92 Å². The van der Waals surface area contributed by atoms with Gasteiger partial charge in [-0.25, -0.2) is 0 Å². The van der Waals surface area contributed by atoms with Crippen molar-refractivity contribution in [2.75, 3.05) is 25.1 Å². The highest BCUT2D eigenvalue weighted by Gasteiger charge is 2.27. The van der Waals surface area contributed by atoms with Crippen molar-refractivity contribution in [3.8, 4) is 6.07 Å². The number of benzene rings is 1. The number of piperidine rings is 1. The Morgan fingerprint density at radius 1 is 1.47 bits per heavy atom. The van der Waals surface area contributed by atoms with Crippen molar-refractivity contribution in [3.05, 3.63) is 28.2 Å². The molecule has 0 aromatic heterocycles. The van der Waals surface area contributed by atoms with Crippen LogP contribution in [0.2, 0.25) is 0 Å². The number of carbonyl (C=O) groups is 1. The van der Waals surface area contributed by atoms with Crippen LogP contribution in [-0.4, -0.2) is 26.2 Å². The Morgan fingerprint density at radius 2 is 2.16 bits per heavy atom. The van der Waals surface area contributed by atoms with Crippen LogP contribution in [0.3, 0.4) is 0 Å². The smallest absolute Gasteiger partial charge is 0.308 e. The van der Waals surface area contributed by atoms with Crippen LogP contribution in [0.1, 0.15) is 18.4 Å². The zero-order chi connectivity index (χ0) is 13.8.